The van der Waals surface area contributed by atoms with E-state index in [1.54, 1.807) is 6.20 Å². The largest absolute Gasteiger partial charge is 0.397 e. The van der Waals surface area contributed by atoms with E-state index in [0.29, 0.717) is 5.69 Å². The van der Waals surface area contributed by atoms with Gasteiger partial charge < -0.3 is 11.1 Å². The van der Waals surface area contributed by atoms with Gasteiger partial charge >= 0.3 is 0 Å². The van der Waals surface area contributed by atoms with E-state index < -0.39 is 0 Å². The number of aromatic nitrogens is 1. The molecule has 2 rings (SSSR count). The molecular weight excluding hydrogens is 338 g/mol. The summed E-state index contributed by atoms with van der Waals surface area (Å²) in [7, 11) is 0. The zero-order valence-electron chi connectivity index (χ0n) is 11.1. The van der Waals surface area contributed by atoms with Crippen molar-refractivity contribution in [3.63, 3.8) is 0 Å². The third-order valence-corrected chi connectivity index (χ3v) is 4.90. The Morgan fingerprint density at radius 2 is 2.00 bits per heavy atom. The lowest BCUT2D eigenvalue weighted by Crippen LogP contribution is -2.05. The summed E-state index contributed by atoms with van der Waals surface area (Å²) in [5.74, 6) is -0.0797. The molecule has 4 nitrogen and oxygen atoms in total. The number of hydrogen-bond donors (Lipinski definition) is 2. The van der Waals surface area contributed by atoms with Crippen LogP contribution in [0.15, 0.2) is 44.9 Å². The fraction of sp³-hybridized carbons (Fsp3) is 0.143. The van der Waals surface area contributed by atoms with Crippen molar-refractivity contribution >= 4 is 45.0 Å². The van der Waals surface area contributed by atoms with Crippen LogP contribution < -0.4 is 11.1 Å². The van der Waals surface area contributed by atoms with Crippen LogP contribution in [0.3, 0.4) is 0 Å². The van der Waals surface area contributed by atoms with E-state index in [1.807, 2.05) is 31.2 Å². The topological polar surface area (TPSA) is 68.0 Å². The number of nitrogen functional groups attached to an aromatic ring is 1. The van der Waals surface area contributed by atoms with E-state index in [-0.39, 0.29) is 5.91 Å². The zero-order chi connectivity index (χ0) is 14.7. The number of nitrogens with two attached hydrogens (primary N) is 1. The molecule has 1 amide bonds. The fourth-order valence-corrected chi connectivity index (χ4v) is 2.98. The van der Waals surface area contributed by atoms with Crippen molar-refractivity contribution in [3.8, 4) is 0 Å². The van der Waals surface area contributed by atoms with Crippen LogP contribution in [0, 0.1) is 6.92 Å². The highest BCUT2D eigenvalue weighted by molar-refractivity contribution is 9.10. The van der Waals surface area contributed by atoms with E-state index in [1.165, 1.54) is 18.7 Å². The molecule has 0 unspecified atom stereocenters. The first-order valence-corrected chi connectivity index (χ1v) is 7.54. The summed E-state index contributed by atoms with van der Waals surface area (Å²) in [6, 6.07) is 7.61. The monoisotopic (exact) mass is 351 g/mol. The first-order valence-electron chi connectivity index (χ1n) is 5.93. The molecule has 104 valence electrons. The lowest BCUT2D eigenvalue weighted by molar-refractivity contribution is -0.114. The normalized spacial score (nSPS) is 10.3. The Kier molecular flexibility index (Phi) is 4.67. The van der Waals surface area contributed by atoms with Crippen LogP contribution in [-0.4, -0.2) is 10.9 Å². The highest BCUT2D eigenvalue weighted by atomic mass is 79.9. The van der Waals surface area contributed by atoms with Crippen LogP contribution in [0.25, 0.3) is 0 Å². The first kappa shape index (κ1) is 14.9. The van der Waals surface area contributed by atoms with Gasteiger partial charge in [-0.25, -0.2) is 4.98 Å². The third kappa shape index (κ3) is 3.52. The van der Waals surface area contributed by atoms with Crippen molar-refractivity contribution in [2.45, 2.75) is 23.8 Å². The van der Waals surface area contributed by atoms with Crippen LogP contribution in [0.4, 0.5) is 11.4 Å². The smallest absolute Gasteiger partial charge is 0.221 e. The molecule has 0 aliphatic carbocycles. The Hall–Kier alpha value is -1.53. The van der Waals surface area contributed by atoms with E-state index in [2.05, 4.69) is 26.2 Å². The zero-order valence-corrected chi connectivity index (χ0v) is 13.5. The second-order valence-electron chi connectivity index (χ2n) is 4.27. The van der Waals surface area contributed by atoms with Crippen LogP contribution in [0.5, 0.6) is 0 Å². The lowest BCUT2D eigenvalue weighted by atomic mass is 10.3. The number of anilines is 2. The maximum Gasteiger partial charge on any atom is 0.221 e. The molecule has 0 saturated carbocycles. The number of benzene rings is 1. The maximum absolute atomic E-state index is 11.0. The number of carbonyl (C=O) groups is 1. The SMILES string of the molecule is CC(=O)Nc1ccc(Sc2ncc(N)c(C)c2Br)cc1. The number of nitrogens with zero attached hydrogens (tertiary/aromatic N) is 1. The van der Waals surface area contributed by atoms with Crippen LogP contribution in [0.1, 0.15) is 12.5 Å². The molecule has 6 heteroatoms. The summed E-state index contributed by atoms with van der Waals surface area (Å²) >= 11 is 5.05. The molecule has 0 radical (unpaired) electrons. The minimum atomic E-state index is -0.0797. The van der Waals surface area contributed by atoms with Crippen molar-refractivity contribution in [1.29, 1.82) is 0 Å². The van der Waals surface area contributed by atoms with Gasteiger partial charge in [0.25, 0.3) is 0 Å². The molecule has 1 aromatic heterocycles. The molecule has 1 heterocycles. The number of nitrogens with one attached hydrogen (secondary N) is 1. The second-order valence-corrected chi connectivity index (χ2v) is 6.12. The van der Waals surface area contributed by atoms with Crippen LogP contribution in [0.2, 0.25) is 0 Å². The minimum absolute atomic E-state index is 0.0797. The number of hydrogen-bond acceptors (Lipinski definition) is 4. The average molecular weight is 352 g/mol. The number of carbonyl (C=O) groups excluding carboxylic acids is 1. The van der Waals surface area contributed by atoms with Gasteiger partial charge in [0.1, 0.15) is 5.03 Å². The Morgan fingerprint density at radius 3 is 2.60 bits per heavy atom. The predicted octanol–water partition coefficient (Wildman–Crippen LogP) is 3.84. The Morgan fingerprint density at radius 1 is 1.35 bits per heavy atom. The summed E-state index contributed by atoms with van der Waals surface area (Å²) in [6.45, 7) is 3.44. The molecule has 0 aliphatic rings. The predicted molar refractivity (Wildman–Crippen MR) is 86.0 cm³/mol. The standard InChI is InChI=1S/C14H14BrN3OS/c1-8-12(16)7-17-14(13(8)15)20-11-5-3-10(4-6-11)18-9(2)19/h3-7H,16H2,1-2H3,(H,18,19). The number of halogens is 1. The van der Waals surface area contributed by atoms with Gasteiger partial charge in [0.15, 0.2) is 0 Å². The summed E-state index contributed by atoms with van der Waals surface area (Å²) < 4.78 is 0.911. The van der Waals surface area contributed by atoms with Crippen molar-refractivity contribution in [3.05, 3.63) is 40.5 Å². The summed E-state index contributed by atoms with van der Waals surface area (Å²) in [5.41, 5.74) is 8.24. The van der Waals surface area contributed by atoms with Crippen molar-refractivity contribution < 1.29 is 4.79 Å². The molecule has 0 fully saturated rings. The molecular formula is C14H14BrN3OS. The Labute approximate surface area is 130 Å². The summed E-state index contributed by atoms with van der Waals surface area (Å²) in [5, 5.41) is 3.60. The average Bonchev–Trinajstić information content (AvgIpc) is 2.41. The lowest BCUT2D eigenvalue weighted by Gasteiger charge is -2.08. The van der Waals surface area contributed by atoms with Gasteiger partial charge in [-0.2, -0.15) is 0 Å². The molecule has 0 aliphatic heterocycles. The van der Waals surface area contributed by atoms with Gasteiger partial charge in [0.05, 0.1) is 16.4 Å². The Bertz CT molecular complexity index is 644. The van der Waals surface area contributed by atoms with Gasteiger partial charge in [0.2, 0.25) is 5.91 Å². The highest BCUT2D eigenvalue weighted by Crippen LogP contribution is 2.35. The molecule has 2 aromatic rings. The van der Waals surface area contributed by atoms with Gasteiger partial charge in [-0.05, 0) is 52.7 Å². The Balaban J connectivity index is 2.18. The number of rotatable bonds is 3. The van der Waals surface area contributed by atoms with Crippen LogP contribution in [-0.2, 0) is 4.79 Å². The summed E-state index contributed by atoms with van der Waals surface area (Å²) in [4.78, 5) is 16.3. The number of amides is 1. The van der Waals surface area contributed by atoms with E-state index >= 15 is 0 Å². The molecule has 3 N–H and O–H groups in total. The summed E-state index contributed by atoms with van der Waals surface area (Å²) in [6.07, 6.45) is 1.66. The quantitative estimate of drug-likeness (QED) is 0.881. The van der Waals surface area contributed by atoms with Gasteiger partial charge in [-0.1, -0.05) is 11.8 Å². The first-order chi connectivity index (χ1) is 9.47. The number of pyridine rings is 1. The molecule has 0 spiro atoms. The molecule has 0 bridgehead atoms. The molecule has 0 atom stereocenters. The highest BCUT2D eigenvalue weighted by Gasteiger charge is 2.09. The van der Waals surface area contributed by atoms with Crippen molar-refractivity contribution in [2.24, 2.45) is 0 Å². The maximum atomic E-state index is 11.0. The van der Waals surface area contributed by atoms with Crippen LogP contribution >= 0.6 is 27.7 Å². The van der Waals surface area contributed by atoms with E-state index in [9.17, 15) is 4.79 Å². The molecule has 20 heavy (non-hydrogen) atoms. The van der Waals surface area contributed by atoms with E-state index in [0.717, 1.165) is 25.6 Å². The van der Waals surface area contributed by atoms with Gasteiger partial charge in [0, 0.05) is 17.5 Å². The van der Waals surface area contributed by atoms with E-state index in [4.69, 9.17) is 5.73 Å². The fourth-order valence-electron chi connectivity index (χ4n) is 1.56. The van der Waals surface area contributed by atoms with Crippen molar-refractivity contribution in [2.75, 3.05) is 11.1 Å². The van der Waals surface area contributed by atoms with Crippen molar-refractivity contribution in [1.82, 2.24) is 4.98 Å². The molecule has 1 aromatic carbocycles. The van der Waals surface area contributed by atoms with Gasteiger partial charge in [-0.15, -0.1) is 0 Å². The minimum Gasteiger partial charge on any atom is -0.397 e. The second kappa shape index (κ2) is 6.28. The third-order valence-electron chi connectivity index (χ3n) is 2.66. The molecule has 0 saturated heterocycles. The van der Waals surface area contributed by atoms with Gasteiger partial charge in [-0.3, -0.25) is 4.79 Å².